The molecule has 1 fully saturated rings. The Morgan fingerprint density at radius 3 is 2.42 bits per heavy atom. The van der Waals surface area contributed by atoms with Crippen LogP contribution < -0.4 is 14.7 Å². The van der Waals surface area contributed by atoms with Crippen molar-refractivity contribution in [3.05, 3.63) is 90.2 Å². The van der Waals surface area contributed by atoms with Crippen LogP contribution >= 0.6 is 0 Å². The fourth-order valence-corrected chi connectivity index (χ4v) is 4.30. The molecule has 0 bridgehead atoms. The number of rotatable bonds is 4. The van der Waals surface area contributed by atoms with Gasteiger partial charge in [0.25, 0.3) is 5.91 Å². The molecule has 1 amide bonds. The van der Waals surface area contributed by atoms with Gasteiger partial charge in [0.2, 0.25) is 0 Å². The molecule has 0 saturated carbocycles. The number of hydrogen-bond donors (Lipinski definition) is 1. The highest BCUT2D eigenvalue weighted by atomic mass is 19.1. The van der Waals surface area contributed by atoms with Crippen LogP contribution in [0.2, 0.25) is 0 Å². The maximum atomic E-state index is 13.6. The van der Waals surface area contributed by atoms with Gasteiger partial charge in [0, 0.05) is 11.3 Å². The average molecular weight is 415 g/mol. The first-order valence-corrected chi connectivity index (χ1v) is 10.6. The Labute approximate surface area is 181 Å². The molecule has 5 rings (SSSR count). The monoisotopic (exact) mass is 415 g/mol. The van der Waals surface area contributed by atoms with Crippen molar-refractivity contribution in [2.24, 2.45) is 4.99 Å². The van der Waals surface area contributed by atoms with E-state index in [-0.39, 0.29) is 11.7 Å². The summed E-state index contributed by atoms with van der Waals surface area (Å²) in [7, 11) is 0. The molecule has 0 spiro atoms. The van der Waals surface area contributed by atoms with Gasteiger partial charge >= 0.3 is 0 Å². The molecular formula is C25H24FN4O+. The minimum atomic E-state index is -0.363. The molecule has 2 heterocycles. The number of carbonyl (C=O) groups excluding carboxylic acids is 1. The third-order valence-corrected chi connectivity index (χ3v) is 5.92. The van der Waals surface area contributed by atoms with Gasteiger partial charge in [0.15, 0.2) is 6.67 Å². The van der Waals surface area contributed by atoms with Crippen LogP contribution in [0.1, 0.15) is 5.56 Å². The Bertz CT molecular complexity index is 1120. The van der Waals surface area contributed by atoms with E-state index in [9.17, 15) is 9.18 Å². The number of nitrogens with zero attached hydrogens (tertiary/aromatic N) is 3. The molecule has 2 aliphatic heterocycles. The normalized spacial score (nSPS) is 18.0. The van der Waals surface area contributed by atoms with E-state index in [1.807, 2.05) is 35.2 Å². The lowest BCUT2D eigenvalue weighted by atomic mass is 10.1. The van der Waals surface area contributed by atoms with E-state index in [4.69, 9.17) is 0 Å². The predicted molar refractivity (Wildman–Crippen MR) is 121 cm³/mol. The molecule has 31 heavy (non-hydrogen) atoms. The Kier molecular flexibility index (Phi) is 5.22. The van der Waals surface area contributed by atoms with Crippen LogP contribution in [0.4, 0.5) is 21.5 Å². The molecular weight excluding hydrogens is 391 g/mol. The summed E-state index contributed by atoms with van der Waals surface area (Å²) in [4.78, 5) is 23.4. The van der Waals surface area contributed by atoms with Crippen LogP contribution in [-0.4, -0.2) is 44.5 Å². The van der Waals surface area contributed by atoms with Gasteiger partial charge in [-0.05, 0) is 36.4 Å². The zero-order valence-electron chi connectivity index (χ0n) is 17.2. The lowest BCUT2D eigenvalue weighted by Crippen LogP contribution is -3.16. The van der Waals surface area contributed by atoms with Gasteiger partial charge in [-0.1, -0.05) is 42.5 Å². The first kappa shape index (κ1) is 19.5. The van der Waals surface area contributed by atoms with E-state index in [0.717, 1.165) is 37.4 Å². The standard InChI is InChI=1S/C25H23FN4O/c26-19-7-6-8-20(17-19)27-24-22-11-4-5-12-23(22)30(25(24)31)18-28-13-15-29(16-14-28)21-9-2-1-3-10-21/h1-12,17H,13-16,18H2/p+1. The molecule has 0 atom stereocenters. The number of amides is 1. The molecule has 156 valence electrons. The number of halogens is 1. The van der Waals surface area contributed by atoms with Crippen molar-refractivity contribution < 1.29 is 14.1 Å². The molecule has 0 aliphatic carbocycles. The lowest BCUT2D eigenvalue weighted by molar-refractivity contribution is -0.899. The Balaban J connectivity index is 1.34. The van der Waals surface area contributed by atoms with Crippen LogP contribution in [0.5, 0.6) is 0 Å². The average Bonchev–Trinajstić information content (AvgIpc) is 3.06. The van der Waals surface area contributed by atoms with Crippen molar-refractivity contribution in [1.82, 2.24) is 0 Å². The minimum absolute atomic E-state index is 0.122. The zero-order valence-corrected chi connectivity index (χ0v) is 17.2. The molecule has 1 saturated heterocycles. The van der Waals surface area contributed by atoms with E-state index in [1.54, 1.807) is 12.1 Å². The highest BCUT2D eigenvalue weighted by Gasteiger charge is 2.36. The number of aliphatic imine (C=N–C) groups is 1. The summed E-state index contributed by atoms with van der Waals surface area (Å²) in [5.74, 6) is -0.485. The summed E-state index contributed by atoms with van der Waals surface area (Å²) in [6.45, 7) is 4.41. The number of quaternary nitrogens is 1. The van der Waals surface area contributed by atoms with Crippen LogP contribution in [-0.2, 0) is 4.79 Å². The molecule has 6 heteroatoms. The fourth-order valence-electron chi connectivity index (χ4n) is 4.30. The van der Waals surface area contributed by atoms with Crippen LogP contribution in [0.25, 0.3) is 0 Å². The molecule has 5 nitrogen and oxygen atoms in total. The summed E-state index contributed by atoms with van der Waals surface area (Å²) < 4.78 is 13.6. The SMILES string of the molecule is O=C1C(=Nc2cccc(F)c2)c2ccccc2N1C[NH+]1CCN(c2ccccc2)CC1. The summed E-state index contributed by atoms with van der Waals surface area (Å²) in [6.07, 6.45) is 0. The number of nitrogens with one attached hydrogen (secondary N) is 1. The Morgan fingerprint density at radius 2 is 1.65 bits per heavy atom. The molecule has 1 N–H and O–H groups in total. The third kappa shape index (κ3) is 3.94. The third-order valence-electron chi connectivity index (χ3n) is 5.92. The fraction of sp³-hybridized carbons (Fsp3) is 0.200. The van der Waals surface area contributed by atoms with Gasteiger partial charge in [-0.2, -0.15) is 0 Å². The highest BCUT2D eigenvalue weighted by Crippen LogP contribution is 2.30. The quantitative estimate of drug-likeness (QED) is 0.712. The lowest BCUT2D eigenvalue weighted by Gasteiger charge is -2.35. The van der Waals surface area contributed by atoms with Crippen molar-refractivity contribution >= 4 is 28.7 Å². The molecule has 3 aromatic rings. The maximum absolute atomic E-state index is 13.6. The number of hydrogen-bond acceptors (Lipinski definition) is 3. The van der Waals surface area contributed by atoms with Crippen LogP contribution in [0.3, 0.4) is 0 Å². The van der Waals surface area contributed by atoms with E-state index in [1.165, 1.54) is 22.7 Å². The maximum Gasteiger partial charge on any atom is 0.281 e. The second-order valence-corrected chi connectivity index (χ2v) is 7.92. The van der Waals surface area contributed by atoms with Gasteiger partial charge in [-0.3, -0.25) is 9.69 Å². The Morgan fingerprint density at radius 1 is 0.903 bits per heavy atom. The topological polar surface area (TPSA) is 40.4 Å². The zero-order chi connectivity index (χ0) is 21.2. The van der Waals surface area contributed by atoms with Crippen molar-refractivity contribution in [3.63, 3.8) is 0 Å². The molecule has 3 aromatic carbocycles. The predicted octanol–water partition coefficient (Wildman–Crippen LogP) is 2.66. The largest absolute Gasteiger partial charge is 0.360 e. The molecule has 0 radical (unpaired) electrons. The van der Waals surface area contributed by atoms with Crippen molar-refractivity contribution in [1.29, 1.82) is 0 Å². The first-order valence-electron chi connectivity index (χ1n) is 10.6. The van der Waals surface area contributed by atoms with Gasteiger partial charge in [0.1, 0.15) is 11.5 Å². The van der Waals surface area contributed by atoms with E-state index >= 15 is 0 Å². The van der Waals surface area contributed by atoms with Crippen LogP contribution in [0.15, 0.2) is 83.9 Å². The second kappa shape index (κ2) is 8.32. The first-order chi connectivity index (χ1) is 15.2. The molecule has 2 aliphatic rings. The van der Waals surface area contributed by atoms with Gasteiger partial charge < -0.3 is 9.80 Å². The van der Waals surface area contributed by atoms with Gasteiger partial charge in [0.05, 0.1) is 37.6 Å². The van der Waals surface area contributed by atoms with E-state index in [2.05, 4.69) is 34.2 Å². The number of piperazine rings is 1. The smallest absolute Gasteiger partial charge is 0.281 e. The molecule has 0 aromatic heterocycles. The number of anilines is 2. The summed E-state index contributed by atoms with van der Waals surface area (Å²) >= 11 is 0. The van der Waals surface area contributed by atoms with Crippen molar-refractivity contribution in [2.45, 2.75) is 0 Å². The summed E-state index contributed by atoms with van der Waals surface area (Å²) in [5.41, 5.74) is 3.75. The van der Waals surface area contributed by atoms with Gasteiger partial charge in [-0.25, -0.2) is 9.38 Å². The van der Waals surface area contributed by atoms with Crippen molar-refractivity contribution in [3.8, 4) is 0 Å². The number of fused-ring (bicyclic) bond motifs is 1. The Hall–Kier alpha value is -3.51. The number of carbonyl (C=O) groups is 1. The summed E-state index contributed by atoms with van der Waals surface area (Å²) in [6, 6.07) is 24.2. The number of benzene rings is 3. The van der Waals surface area contributed by atoms with Gasteiger partial charge in [-0.15, -0.1) is 0 Å². The summed E-state index contributed by atoms with van der Waals surface area (Å²) in [5, 5.41) is 0. The minimum Gasteiger partial charge on any atom is -0.360 e. The number of para-hydroxylation sites is 2. The van der Waals surface area contributed by atoms with E-state index < -0.39 is 0 Å². The van der Waals surface area contributed by atoms with Crippen LogP contribution in [0, 0.1) is 5.82 Å². The molecule has 0 unspecified atom stereocenters. The van der Waals surface area contributed by atoms with Crippen molar-refractivity contribution in [2.75, 3.05) is 42.6 Å². The highest BCUT2D eigenvalue weighted by molar-refractivity contribution is 6.54. The van der Waals surface area contributed by atoms with E-state index in [0.29, 0.717) is 18.1 Å². The second-order valence-electron chi connectivity index (χ2n) is 7.92.